The smallest absolute Gasteiger partial charge is 1.00 e. The van der Waals surface area contributed by atoms with Crippen molar-refractivity contribution in [1.29, 1.82) is 10.5 Å². The van der Waals surface area contributed by atoms with E-state index in [1.807, 2.05) is 82.2 Å². The van der Waals surface area contributed by atoms with Crippen LogP contribution in [0.25, 0.3) is 0 Å². The number of nitriles is 2. The zero-order chi connectivity index (χ0) is 75.5. The number of ether oxygens (including phenoxy) is 7. The first-order valence-corrected chi connectivity index (χ1v) is 34.8. The number of fused-ring (bicyclic) bond motifs is 4. The van der Waals surface area contributed by atoms with E-state index >= 15 is 0 Å². The number of carbonyl (C=O) groups is 6. The third kappa shape index (κ3) is 38.8. The molecule has 10 heterocycles. The minimum atomic E-state index is -0.546. The maximum absolute atomic E-state index is 12.1. The molecule has 6 aromatic rings. The number of aliphatic hydroxyl groups excluding tert-OH is 1. The maximum atomic E-state index is 12.1. The summed E-state index contributed by atoms with van der Waals surface area (Å²) in [7, 11) is 0. The van der Waals surface area contributed by atoms with Crippen LogP contribution in [0.3, 0.4) is 0 Å². The number of nitrogens with one attached hydrogen (secondary N) is 2. The van der Waals surface area contributed by atoms with Gasteiger partial charge in [0.25, 0.3) is 0 Å². The van der Waals surface area contributed by atoms with Crippen molar-refractivity contribution in [2.24, 2.45) is 0 Å². The molecule has 3 N–H and O–H groups in total. The van der Waals surface area contributed by atoms with Gasteiger partial charge in [-0.15, -0.1) is 0 Å². The summed E-state index contributed by atoms with van der Waals surface area (Å²) in [6.07, 6.45) is 19.3. The van der Waals surface area contributed by atoms with Crippen molar-refractivity contribution in [2.75, 3.05) is 65.8 Å². The molecule has 0 spiro atoms. The van der Waals surface area contributed by atoms with Gasteiger partial charge in [0.15, 0.2) is 12.6 Å². The van der Waals surface area contributed by atoms with Gasteiger partial charge in [0, 0.05) is 135 Å². The summed E-state index contributed by atoms with van der Waals surface area (Å²) in [5.74, 6) is 2.44. The maximum Gasteiger partial charge on any atom is 1.00 e. The fourth-order valence-electron chi connectivity index (χ4n) is 8.27. The van der Waals surface area contributed by atoms with Gasteiger partial charge in [0.1, 0.15) is 89.5 Å². The van der Waals surface area contributed by atoms with E-state index in [0.29, 0.717) is 157 Å². The standard InChI is InChI=1S/C14H17N3O3.C14H18N2O4.C13H17BrN2O3.C9H9N3O.C8H10BrClN2O.C6H3BrClNO.C2H3ClO.C2H6.3CH4.CH3.ClH.Li/c1-14(2,3)20-13(18)17-4-5-19-12-10(6-15)7-16-8-11(12)9-17;1-14(2,3)20-13(18)16-4-5-19-12-10(8-16)6-15-7-11(12)9-17;1-13(2,3)19-12(17)16-4-5-18-11-9(8-16)6-15-7-10(11)14;10-3-7-4-12-6-8-5-11-1-2-13-9(7)8;9-7-5-12-4-6(8(7)10)3-11-1-2-13;7-5-2-9-1-4(3-10)6(5)8;1-2(3)4;1-2;;;;;;/h7-8H,4-5,9H2,1-3H3;6-7,9H,4-5,8H2,1-3H3;6-7H,4-5,8H2,1-3H3;4,6,11H,1-2,5H2;4-5,11,13H,1-3H2;1-3H;1H3;1-2H3;3*1H4;1H3;1H;/q;;;;;;;;;;;-1;;+1/p-1. The zero-order valence-corrected chi connectivity index (χ0v) is 68.3. The van der Waals surface area contributed by atoms with Crippen LogP contribution in [0.15, 0.2) is 87.8 Å². The molecule has 0 fully saturated rings. The first-order chi connectivity index (χ1) is 47.8. The van der Waals surface area contributed by atoms with E-state index < -0.39 is 29.0 Å². The predicted octanol–water partition coefficient (Wildman–Crippen LogP) is 9.57. The van der Waals surface area contributed by atoms with Gasteiger partial charge in [0.2, 0.25) is 5.24 Å². The third-order valence-electron chi connectivity index (χ3n) is 12.4. The second kappa shape index (κ2) is 54.5. The van der Waals surface area contributed by atoms with E-state index in [-0.39, 0.29) is 78.9 Å². The minimum absolute atomic E-state index is 0. The molecule has 35 heteroatoms. The second-order valence-electron chi connectivity index (χ2n) is 23.9. The Hall–Kier alpha value is -7.02. The summed E-state index contributed by atoms with van der Waals surface area (Å²) >= 11 is 26.1. The Morgan fingerprint density at radius 2 is 0.916 bits per heavy atom. The molecule has 3 amide bonds. The summed E-state index contributed by atoms with van der Waals surface area (Å²) in [4.78, 5) is 95.2. The monoisotopic (exact) mass is 1750 g/mol. The summed E-state index contributed by atoms with van der Waals surface area (Å²) in [5, 5.41) is 33.3. The number of aliphatic hydroxyl groups is 1. The van der Waals surface area contributed by atoms with Gasteiger partial charge in [-0.25, -0.2) is 14.4 Å². The fourth-order valence-corrected chi connectivity index (χ4v) is 9.78. The van der Waals surface area contributed by atoms with Crippen LogP contribution in [0.1, 0.15) is 165 Å². The molecule has 4 aliphatic rings. The molecule has 0 radical (unpaired) electrons. The average Bonchev–Trinajstić information content (AvgIpc) is 1.60. The van der Waals surface area contributed by atoms with E-state index in [1.165, 1.54) is 37.9 Å². The molecule has 0 atom stereocenters. The molecule has 0 aromatic carbocycles. The Labute approximate surface area is 688 Å². The number of hydrogen-bond donors (Lipinski definition) is 3. The van der Waals surface area contributed by atoms with Crippen LogP contribution in [0.2, 0.25) is 10.0 Å². The van der Waals surface area contributed by atoms with Crippen LogP contribution in [0.4, 0.5) is 14.4 Å². The van der Waals surface area contributed by atoms with Crippen LogP contribution >= 0.6 is 82.6 Å². The van der Waals surface area contributed by atoms with Crippen molar-refractivity contribution in [3.63, 3.8) is 0 Å². The second-order valence-corrected chi connectivity index (χ2v) is 27.8. The van der Waals surface area contributed by atoms with Crippen LogP contribution in [0, 0.1) is 30.1 Å². The number of aromatic nitrogens is 6. The Morgan fingerprint density at radius 1 is 0.570 bits per heavy atom. The predicted molar refractivity (Wildman–Crippen MR) is 416 cm³/mol. The van der Waals surface area contributed by atoms with Gasteiger partial charge < -0.3 is 83.4 Å². The zero-order valence-electron chi connectivity index (χ0n) is 60.5. The van der Waals surface area contributed by atoms with Gasteiger partial charge in [0.05, 0.1) is 80.5 Å². The molecule has 0 unspecified atom stereocenters. The summed E-state index contributed by atoms with van der Waals surface area (Å²) < 4.78 is 40.5. The number of nitrogens with zero attached hydrogens (tertiary/aromatic N) is 11. The van der Waals surface area contributed by atoms with E-state index in [2.05, 4.69) is 106 Å². The normalized spacial score (nSPS) is 12.5. The molecule has 0 bridgehead atoms. The van der Waals surface area contributed by atoms with Crippen molar-refractivity contribution >= 4 is 119 Å². The van der Waals surface area contributed by atoms with Crippen molar-refractivity contribution in [3.05, 3.63) is 155 Å². The van der Waals surface area contributed by atoms with Gasteiger partial charge in [-0.3, -0.25) is 44.3 Å². The summed E-state index contributed by atoms with van der Waals surface area (Å²) in [6.45, 7) is 28.7. The number of pyridine rings is 6. The largest absolute Gasteiger partial charge is 1.00 e. The quantitative estimate of drug-likeness (QED) is 0.0349. The van der Waals surface area contributed by atoms with Crippen LogP contribution in [0.5, 0.6) is 23.0 Å². The first kappa shape index (κ1) is 106. The molecule has 10 rings (SSSR count). The van der Waals surface area contributed by atoms with E-state index in [1.54, 1.807) is 58.1 Å². The average molecular weight is 1760 g/mol. The van der Waals surface area contributed by atoms with Gasteiger partial charge in [-0.05, 0) is 122 Å². The number of amides is 3. The number of halogens is 7. The van der Waals surface area contributed by atoms with Crippen molar-refractivity contribution < 1.29 is 98.3 Å². The molecule has 0 saturated carbocycles. The molecular formula is C72H98Br3Cl4LiN13O14-. The number of aldehydes is 2. The SMILES string of the molecule is C.C.C.CC.CC(=O)Cl.CC(C)(C)OC(=O)N1CCOc2c(Br)cncc2C1.CC(C)(C)OC(=O)N1CCOc2c(C#N)cncc2C1.CC(C)(C)OC(=O)N1CCOc2c(C=O)cncc2C1.N#Cc1cncc2c1OCCNC2.O=Cc1cncc(Br)c1Cl.OCCNCc1cncc(Br)c1Cl.[CH3-].[Cl-].[Li+]. The molecule has 0 aliphatic carbocycles. The molecule has 586 valence electrons. The van der Waals surface area contributed by atoms with E-state index in [9.17, 15) is 28.8 Å². The summed E-state index contributed by atoms with van der Waals surface area (Å²) in [6, 6.07) is 4.11. The van der Waals surface area contributed by atoms with Crippen molar-refractivity contribution in [2.45, 2.75) is 155 Å². The van der Waals surface area contributed by atoms with Gasteiger partial charge in [-0.2, -0.15) is 10.5 Å². The molecular weight excluding hydrogens is 1660 g/mol. The Bertz CT molecular complexity index is 3810. The Morgan fingerprint density at radius 3 is 1.35 bits per heavy atom. The number of rotatable bonds is 6. The minimum Gasteiger partial charge on any atom is -1.00 e. The third-order valence-corrected chi connectivity index (χ3v) is 15.5. The van der Waals surface area contributed by atoms with Gasteiger partial charge in [-0.1, -0.05) is 59.3 Å². The first-order valence-electron chi connectivity index (χ1n) is 31.3. The van der Waals surface area contributed by atoms with E-state index in [4.69, 9.17) is 72.0 Å². The van der Waals surface area contributed by atoms with Crippen molar-refractivity contribution in [1.82, 2.24) is 55.2 Å². The number of hydrogen-bond acceptors (Lipinski definition) is 24. The number of carbonyl (C=O) groups excluding carboxylic acids is 6. The van der Waals surface area contributed by atoms with Crippen LogP contribution in [-0.4, -0.2) is 168 Å². The molecule has 6 aromatic heterocycles. The van der Waals surface area contributed by atoms with Crippen molar-refractivity contribution in [3.8, 4) is 35.1 Å². The molecule has 107 heavy (non-hydrogen) atoms. The van der Waals surface area contributed by atoms with Crippen LogP contribution in [-0.2, 0) is 51.7 Å². The molecule has 4 aliphatic heterocycles. The summed E-state index contributed by atoms with van der Waals surface area (Å²) in [5.41, 5.74) is 4.28. The Balaban J connectivity index is -0.000000587. The molecule has 0 saturated heterocycles. The topological polar surface area (TPSA) is 346 Å². The molecule has 27 nitrogen and oxygen atoms in total. The Kier molecular flexibility index (Phi) is 54.2. The fraction of sp³-hybridized carbons (Fsp3) is 0.458. The van der Waals surface area contributed by atoms with E-state index in [0.717, 1.165) is 44.5 Å². The van der Waals surface area contributed by atoms with Gasteiger partial charge >= 0.3 is 37.1 Å². The van der Waals surface area contributed by atoms with Crippen LogP contribution < -0.4 is 60.8 Å².